The lowest BCUT2D eigenvalue weighted by atomic mass is 10.2. The lowest BCUT2D eigenvalue weighted by Crippen LogP contribution is -2.43. The van der Waals surface area contributed by atoms with E-state index in [1.807, 2.05) is 0 Å². The van der Waals surface area contributed by atoms with Crippen LogP contribution in [0.4, 0.5) is 0 Å². The highest BCUT2D eigenvalue weighted by Gasteiger charge is 2.29. The Morgan fingerprint density at radius 1 is 1.42 bits per heavy atom. The minimum absolute atomic E-state index is 0.00376. The highest BCUT2D eigenvalue weighted by atomic mass is 16.4. The Labute approximate surface area is 105 Å². The van der Waals surface area contributed by atoms with Gasteiger partial charge in [-0.1, -0.05) is 0 Å². The summed E-state index contributed by atoms with van der Waals surface area (Å²) in [7, 11) is 0. The molecule has 2 heterocycles. The molecule has 1 amide bonds. The van der Waals surface area contributed by atoms with Crippen LogP contribution in [-0.4, -0.2) is 57.9 Å². The van der Waals surface area contributed by atoms with E-state index in [2.05, 4.69) is 25.3 Å². The number of carbonyl (C=O) groups is 3. The summed E-state index contributed by atoms with van der Waals surface area (Å²) >= 11 is 0. The van der Waals surface area contributed by atoms with Gasteiger partial charge in [0.25, 0.3) is 5.91 Å². The van der Waals surface area contributed by atoms with Gasteiger partial charge in [-0.15, -0.1) is 0 Å². The summed E-state index contributed by atoms with van der Waals surface area (Å²) in [5, 5.41) is 19.6. The molecule has 2 aliphatic rings. The van der Waals surface area contributed by atoms with E-state index in [-0.39, 0.29) is 17.5 Å². The molecule has 2 aliphatic heterocycles. The van der Waals surface area contributed by atoms with Crippen molar-refractivity contribution in [1.82, 2.24) is 5.32 Å². The molecule has 0 fully saturated rings. The maximum atomic E-state index is 11.5. The summed E-state index contributed by atoms with van der Waals surface area (Å²) in [6.45, 7) is 0. The maximum absolute atomic E-state index is 11.5. The minimum atomic E-state index is -1.54. The Hall–Kier alpha value is -2.91. The maximum Gasteiger partial charge on any atom is 0.329 e. The van der Waals surface area contributed by atoms with Crippen LogP contribution in [0.2, 0.25) is 0 Å². The number of carboxylic acids is 2. The summed E-state index contributed by atoms with van der Waals surface area (Å²) in [6.07, 6.45) is 0.409. The van der Waals surface area contributed by atoms with E-state index in [1.165, 1.54) is 0 Å². The Morgan fingerprint density at radius 2 is 2.16 bits per heavy atom. The van der Waals surface area contributed by atoms with Gasteiger partial charge >= 0.3 is 11.9 Å². The van der Waals surface area contributed by atoms with Crippen molar-refractivity contribution in [3.63, 3.8) is 0 Å². The van der Waals surface area contributed by atoms with Crippen LogP contribution in [0.25, 0.3) is 0 Å². The second-order valence-corrected chi connectivity index (χ2v) is 3.52. The number of hydrogen-bond donors (Lipinski definition) is 3. The normalized spacial score (nSPS) is 20.4. The molecule has 0 saturated heterocycles. The quantitative estimate of drug-likeness (QED) is 0.551. The van der Waals surface area contributed by atoms with Crippen LogP contribution in [-0.2, 0) is 14.4 Å². The topological polar surface area (TPSA) is 153 Å². The van der Waals surface area contributed by atoms with Crippen LogP contribution >= 0.6 is 0 Å². The predicted molar refractivity (Wildman–Crippen MR) is 62.6 cm³/mol. The highest BCUT2D eigenvalue weighted by molar-refractivity contribution is 6.71. The number of carbonyl (C=O) groups excluding carboxylic acids is 1. The van der Waals surface area contributed by atoms with Gasteiger partial charge in [0, 0.05) is 0 Å². The Balaban J connectivity index is 2.28. The first-order valence-electron chi connectivity index (χ1n) is 5.00. The largest absolute Gasteiger partial charge is 0.481 e. The van der Waals surface area contributed by atoms with E-state index < -0.39 is 30.3 Å². The van der Waals surface area contributed by atoms with Crippen LogP contribution in [0.3, 0.4) is 0 Å². The number of aliphatic carboxylic acids is 2. The molecule has 19 heavy (non-hydrogen) atoms. The van der Waals surface area contributed by atoms with E-state index in [4.69, 9.17) is 10.2 Å². The van der Waals surface area contributed by atoms with Gasteiger partial charge in [-0.25, -0.2) is 19.8 Å². The number of hydrogen-bond acceptors (Lipinski definition) is 6. The molecular formula is C9H7N5O5. The van der Waals surface area contributed by atoms with E-state index in [1.54, 1.807) is 0 Å². The van der Waals surface area contributed by atoms with Gasteiger partial charge in [-0.05, 0) is 0 Å². The molecule has 98 valence electrons. The number of nitrogens with one attached hydrogen (secondary N) is 1. The Bertz CT molecular complexity index is 588. The van der Waals surface area contributed by atoms with Gasteiger partial charge < -0.3 is 10.2 Å². The molecule has 0 radical (unpaired) electrons. The molecule has 10 nitrogen and oxygen atoms in total. The van der Waals surface area contributed by atoms with Crippen LogP contribution in [0.15, 0.2) is 20.0 Å². The molecule has 0 saturated carbocycles. The third-order valence-electron chi connectivity index (χ3n) is 2.16. The zero-order valence-corrected chi connectivity index (χ0v) is 9.27. The predicted octanol–water partition coefficient (Wildman–Crippen LogP) is -1.72. The van der Waals surface area contributed by atoms with Crippen LogP contribution in [0.5, 0.6) is 0 Å². The van der Waals surface area contributed by atoms with Crippen molar-refractivity contribution >= 4 is 41.7 Å². The summed E-state index contributed by atoms with van der Waals surface area (Å²) in [5.74, 6) is -3.67. The fourth-order valence-corrected chi connectivity index (χ4v) is 1.35. The first kappa shape index (κ1) is 12.5. The first-order valence-corrected chi connectivity index (χ1v) is 5.00. The van der Waals surface area contributed by atoms with E-state index in [9.17, 15) is 14.4 Å². The molecular weight excluding hydrogens is 258 g/mol. The van der Waals surface area contributed by atoms with Gasteiger partial charge in [0.1, 0.15) is 6.34 Å². The van der Waals surface area contributed by atoms with Crippen molar-refractivity contribution in [1.29, 1.82) is 0 Å². The van der Waals surface area contributed by atoms with Gasteiger partial charge in [-0.2, -0.15) is 4.99 Å². The highest BCUT2D eigenvalue weighted by Crippen LogP contribution is 2.05. The second kappa shape index (κ2) is 4.76. The molecule has 1 atom stereocenters. The average molecular weight is 265 g/mol. The van der Waals surface area contributed by atoms with Crippen LogP contribution in [0, 0.1) is 0 Å². The van der Waals surface area contributed by atoms with Gasteiger partial charge in [0.15, 0.2) is 17.6 Å². The van der Waals surface area contributed by atoms with Crippen molar-refractivity contribution in [2.45, 2.75) is 12.5 Å². The summed E-state index contributed by atoms with van der Waals surface area (Å²) in [6, 6.07) is -1.54. The standard InChI is InChI=1S/C9H7N5O5/c15-4(16)1-3(8(18)19)12-9-13-6-5(7(17)14-9)10-2-11-6/h2-3H,1H2,(H,15,16)(H,18,19)(H,12,14,17)/t3-/m0/s1. The van der Waals surface area contributed by atoms with E-state index >= 15 is 0 Å². The molecule has 0 aromatic heterocycles. The lowest BCUT2D eigenvalue weighted by Gasteiger charge is -2.12. The number of rotatable bonds is 4. The summed E-state index contributed by atoms with van der Waals surface area (Å²) in [4.78, 5) is 47.5. The number of fused-ring (bicyclic) bond motifs is 1. The molecule has 0 bridgehead atoms. The van der Waals surface area contributed by atoms with Gasteiger partial charge in [-0.3, -0.25) is 14.9 Å². The van der Waals surface area contributed by atoms with Crippen molar-refractivity contribution in [3.8, 4) is 0 Å². The van der Waals surface area contributed by atoms with Crippen molar-refractivity contribution in [2.75, 3.05) is 0 Å². The number of guanidine groups is 1. The Morgan fingerprint density at radius 3 is 2.79 bits per heavy atom. The van der Waals surface area contributed by atoms with Gasteiger partial charge in [0.05, 0.1) is 6.42 Å². The summed E-state index contributed by atoms with van der Waals surface area (Å²) in [5.41, 5.74) is 0.00376. The van der Waals surface area contributed by atoms with Crippen molar-refractivity contribution < 1.29 is 24.6 Å². The lowest BCUT2D eigenvalue weighted by molar-refractivity contribution is -0.144. The van der Waals surface area contributed by atoms with E-state index in [0.717, 1.165) is 6.34 Å². The van der Waals surface area contributed by atoms with Crippen molar-refractivity contribution in [2.24, 2.45) is 20.0 Å². The molecule has 0 unspecified atom stereocenters. The number of aliphatic imine (C=N–C) groups is 4. The third-order valence-corrected chi connectivity index (χ3v) is 2.16. The molecule has 10 heteroatoms. The average Bonchev–Trinajstić information content (AvgIpc) is 2.76. The SMILES string of the molecule is O=C(O)C[C@H](N=C1N=C2N=CN=C2C(=O)N1)C(=O)O. The fourth-order valence-electron chi connectivity index (χ4n) is 1.35. The zero-order valence-electron chi connectivity index (χ0n) is 9.27. The molecule has 0 aromatic carbocycles. The third kappa shape index (κ3) is 2.68. The molecule has 0 aliphatic carbocycles. The first-order chi connectivity index (χ1) is 8.97. The fraction of sp³-hybridized carbons (Fsp3) is 0.222. The number of carboxylic acid groups (broad SMARTS) is 2. The van der Waals surface area contributed by atoms with E-state index in [0.29, 0.717) is 0 Å². The van der Waals surface area contributed by atoms with Crippen molar-refractivity contribution in [3.05, 3.63) is 0 Å². The molecule has 2 rings (SSSR count). The van der Waals surface area contributed by atoms with Crippen LogP contribution in [0.1, 0.15) is 6.42 Å². The van der Waals surface area contributed by atoms with Crippen LogP contribution < -0.4 is 5.32 Å². The zero-order chi connectivity index (χ0) is 14.0. The molecule has 3 N–H and O–H groups in total. The number of amidine groups is 1. The summed E-state index contributed by atoms with van der Waals surface area (Å²) < 4.78 is 0. The smallest absolute Gasteiger partial charge is 0.329 e. The number of amides is 1. The monoisotopic (exact) mass is 265 g/mol. The van der Waals surface area contributed by atoms with Gasteiger partial charge in [0.2, 0.25) is 5.96 Å². The Kier molecular flexibility index (Phi) is 3.14. The second-order valence-electron chi connectivity index (χ2n) is 3.52. The molecule has 0 aromatic rings. The molecule has 0 spiro atoms. The number of nitrogens with zero attached hydrogens (tertiary/aromatic N) is 4. The minimum Gasteiger partial charge on any atom is -0.481 e.